The average molecular weight is 396 g/mol. The van der Waals surface area contributed by atoms with E-state index >= 15 is 0 Å². The van der Waals surface area contributed by atoms with Crippen molar-refractivity contribution in [2.75, 3.05) is 5.32 Å². The molecule has 1 amide bonds. The second-order valence-electron chi connectivity index (χ2n) is 6.38. The molecule has 1 N–H and O–H groups in total. The van der Waals surface area contributed by atoms with Crippen molar-refractivity contribution in [3.05, 3.63) is 88.7 Å². The minimum atomic E-state index is -0.348. The zero-order valence-electron chi connectivity index (χ0n) is 15.2. The highest BCUT2D eigenvalue weighted by atomic mass is 35.5. The SMILES string of the molecule is Cc1cc(NC(=O)c2ccc(Cn3cccn3)o2)nn1Cc1cccc(Cl)c1. The molecular weight excluding hydrogens is 378 g/mol. The van der Waals surface area contributed by atoms with Crippen molar-refractivity contribution in [1.29, 1.82) is 0 Å². The van der Waals surface area contributed by atoms with Crippen LogP contribution in [0.5, 0.6) is 0 Å². The number of rotatable bonds is 6. The standard InChI is InChI=1S/C20H18ClN5O2/c1-14-10-19(24-26(14)12-15-4-2-5-16(21)11-15)23-20(27)18-7-6-17(28-18)13-25-9-3-8-22-25/h2-11H,12-13H2,1H3,(H,23,24,27). The molecule has 4 rings (SSSR count). The number of hydrogen-bond acceptors (Lipinski definition) is 4. The molecule has 28 heavy (non-hydrogen) atoms. The first kappa shape index (κ1) is 18.1. The zero-order chi connectivity index (χ0) is 19.5. The number of nitrogens with one attached hydrogen (secondary N) is 1. The first-order valence-electron chi connectivity index (χ1n) is 8.73. The summed E-state index contributed by atoms with van der Waals surface area (Å²) in [7, 11) is 0. The third-order valence-electron chi connectivity index (χ3n) is 4.21. The van der Waals surface area contributed by atoms with E-state index < -0.39 is 0 Å². The molecule has 0 atom stereocenters. The number of aromatic nitrogens is 4. The predicted molar refractivity (Wildman–Crippen MR) is 106 cm³/mol. The van der Waals surface area contributed by atoms with Crippen LogP contribution in [0.2, 0.25) is 5.02 Å². The number of nitrogens with zero attached hydrogens (tertiary/aromatic N) is 4. The highest BCUT2D eigenvalue weighted by Gasteiger charge is 2.14. The lowest BCUT2D eigenvalue weighted by atomic mass is 10.2. The smallest absolute Gasteiger partial charge is 0.292 e. The molecule has 0 aliphatic carbocycles. The Morgan fingerprint density at radius 3 is 2.86 bits per heavy atom. The number of benzene rings is 1. The van der Waals surface area contributed by atoms with Gasteiger partial charge in [0, 0.05) is 29.2 Å². The fraction of sp³-hybridized carbons (Fsp3) is 0.150. The molecule has 3 heterocycles. The summed E-state index contributed by atoms with van der Waals surface area (Å²) < 4.78 is 9.15. The van der Waals surface area contributed by atoms with Crippen molar-refractivity contribution in [2.24, 2.45) is 0 Å². The largest absolute Gasteiger partial charge is 0.454 e. The molecule has 7 nitrogen and oxygen atoms in total. The first-order chi connectivity index (χ1) is 13.6. The topological polar surface area (TPSA) is 77.9 Å². The molecule has 4 aromatic rings. The monoisotopic (exact) mass is 395 g/mol. The van der Waals surface area contributed by atoms with Gasteiger partial charge in [0.1, 0.15) is 5.76 Å². The molecule has 0 saturated heterocycles. The lowest BCUT2D eigenvalue weighted by molar-refractivity contribution is 0.0994. The van der Waals surface area contributed by atoms with Crippen molar-refractivity contribution < 1.29 is 9.21 Å². The number of halogens is 1. The van der Waals surface area contributed by atoms with Crippen LogP contribution < -0.4 is 5.32 Å². The molecule has 3 aromatic heterocycles. The minimum Gasteiger partial charge on any atom is -0.454 e. The van der Waals surface area contributed by atoms with Crippen LogP contribution >= 0.6 is 11.6 Å². The Labute approximate surface area is 166 Å². The van der Waals surface area contributed by atoms with Crippen molar-refractivity contribution in [1.82, 2.24) is 19.6 Å². The van der Waals surface area contributed by atoms with E-state index in [1.807, 2.05) is 54.2 Å². The predicted octanol–water partition coefficient (Wildman–Crippen LogP) is 3.98. The summed E-state index contributed by atoms with van der Waals surface area (Å²) in [6, 6.07) is 14.7. The quantitative estimate of drug-likeness (QED) is 0.535. The van der Waals surface area contributed by atoms with Crippen molar-refractivity contribution in [3.8, 4) is 0 Å². The normalized spacial score (nSPS) is 10.9. The second-order valence-corrected chi connectivity index (χ2v) is 6.82. The Morgan fingerprint density at radius 1 is 1.18 bits per heavy atom. The van der Waals surface area contributed by atoms with Crippen LogP contribution in [0.25, 0.3) is 0 Å². The first-order valence-corrected chi connectivity index (χ1v) is 9.11. The maximum absolute atomic E-state index is 12.5. The summed E-state index contributed by atoms with van der Waals surface area (Å²) in [6.07, 6.45) is 3.52. The summed E-state index contributed by atoms with van der Waals surface area (Å²) in [5.74, 6) is 0.995. The summed E-state index contributed by atoms with van der Waals surface area (Å²) in [6.45, 7) is 2.97. The lowest BCUT2D eigenvalue weighted by Gasteiger charge is -2.05. The second kappa shape index (κ2) is 7.74. The van der Waals surface area contributed by atoms with Gasteiger partial charge < -0.3 is 9.73 Å². The van der Waals surface area contributed by atoms with Gasteiger partial charge in [0.15, 0.2) is 11.6 Å². The van der Waals surface area contributed by atoms with E-state index in [1.165, 1.54) is 0 Å². The third kappa shape index (κ3) is 4.15. The Morgan fingerprint density at radius 2 is 2.07 bits per heavy atom. The van der Waals surface area contributed by atoms with Crippen molar-refractivity contribution >= 4 is 23.3 Å². The van der Waals surface area contributed by atoms with Gasteiger partial charge >= 0.3 is 0 Å². The van der Waals surface area contributed by atoms with E-state index in [1.54, 1.807) is 23.0 Å². The van der Waals surface area contributed by atoms with Crippen molar-refractivity contribution in [2.45, 2.75) is 20.0 Å². The summed E-state index contributed by atoms with van der Waals surface area (Å²) >= 11 is 6.04. The van der Waals surface area contributed by atoms with Crippen molar-refractivity contribution in [3.63, 3.8) is 0 Å². The van der Waals surface area contributed by atoms with Crippen LogP contribution in [0.3, 0.4) is 0 Å². The maximum Gasteiger partial charge on any atom is 0.292 e. The molecule has 0 saturated carbocycles. The molecule has 0 fully saturated rings. The number of hydrogen-bond donors (Lipinski definition) is 1. The Kier molecular flexibility index (Phi) is 4.99. The van der Waals surface area contributed by atoms with Gasteiger partial charge in [-0.2, -0.15) is 10.2 Å². The Bertz CT molecular complexity index is 1100. The Hall–Kier alpha value is -3.32. The number of carbonyl (C=O) groups is 1. The molecule has 8 heteroatoms. The number of amides is 1. The molecule has 0 bridgehead atoms. The van der Waals surface area contributed by atoms with Gasteiger partial charge in [0.05, 0.1) is 13.1 Å². The van der Waals surface area contributed by atoms with E-state index in [4.69, 9.17) is 16.0 Å². The minimum absolute atomic E-state index is 0.226. The molecular formula is C20H18ClN5O2. The third-order valence-corrected chi connectivity index (χ3v) is 4.44. The molecule has 0 radical (unpaired) electrons. The molecule has 0 unspecified atom stereocenters. The zero-order valence-corrected chi connectivity index (χ0v) is 15.9. The van der Waals surface area contributed by atoms with E-state index in [2.05, 4.69) is 15.5 Å². The molecule has 0 aliphatic rings. The van der Waals surface area contributed by atoms with Crippen LogP contribution in [-0.2, 0) is 13.1 Å². The number of carbonyl (C=O) groups excluding carboxylic acids is 1. The summed E-state index contributed by atoms with van der Waals surface area (Å²) in [5.41, 5.74) is 1.96. The van der Waals surface area contributed by atoms with Gasteiger partial charge in [-0.1, -0.05) is 23.7 Å². The lowest BCUT2D eigenvalue weighted by Crippen LogP contribution is -2.12. The van der Waals surface area contributed by atoms with E-state index in [0.717, 1.165) is 11.3 Å². The highest BCUT2D eigenvalue weighted by molar-refractivity contribution is 6.30. The Balaban J connectivity index is 1.43. The van der Waals surface area contributed by atoms with E-state index in [9.17, 15) is 4.79 Å². The van der Waals surface area contributed by atoms with E-state index in [-0.39, 0.29) is 11.7 Å². The summed E-state index contributed by atoms with van der Waals surface area (Å²) in [4.78, 5) is 12.5. The van der Waals surface area contributed by atoms with Gasteiger partial charge in [-0.15, -0.1) is 0 Å². The molecule has 142 valence electrons. The molecule has 0 aliphatic heterocycles. The van der Waals surface area contributed by atoms with Gasteiger partial charge in [0.2, 0.25) is 0 Å². The fourth-order valence-electron chi connectivity index (χ4n) is 2.86. The van der Waals surface area contributed by atoms with E-state index in [0.29, 0.717) is 29.7 Å². The van der Waals surface area contributed by atoms with Gasteiger partial charge in [-0.3, -0.25) is 14.2 Å². The number of aryl methyl sites for hydroxylation is 1. The number of furan rings is 1. The van der Waals surface area contributed by atoms with Gasteiger partial charge in [-0.05, 0) is 42.8 Å². The van der Waals surface area contributed by atoms with Crippen LogP contribution in [0.15, 0.2) is 65.3 Å². The van der Waals surface area contributed by atoms with Gasteiger partial charge in [0.25, 0.3) is 5.91 Å². The van der Waals surface area contributed by atoms with Crippen LogP contribution in [0.1, 0.15) is 27.6 Å². The van der Waals surface area contributed by atoms with Crippen LogP contribution in [0.4, 0.5) is 5.82 Å². The molecule has 1 aromatic carbocycles. The summed E-state index contributed by atoms with van der Waals surface area (Å²) in [5, 5.41) is 12.0. The van der Waals surface area contributed by atoms with Gasteiger partial charge in [-0.25, -0.2) is 0 Å². The maximum atomic E-state index is 12.5. The molecule has 0 spiro atoms. The fourth-order valence-corrected chi connectivity index (χ4v) is 3.07. The van der Waals surface area contributed by atoms with Crippen LogP contribution in [-0.4, -0.2) is 25.5 Å². The average Bonchev–Trinajstić information content (AvgIpc) is 3.39. The highest BCUT2D eigenvalue weighted by Crippen LogP contribution is 2.16. The van der Waals surface area contributed by atoms with Crippen LogP contribution in [0, 0.1) is 6.92 Å². The number of anilines is 1.